The maximum Gasteiger partial charge on any atom is 0.311 e. The number of nitrogens with zero attached hydrogens (tertiary/aromatic N) is 3. The molecule has 4 rings (SSSR count). The molecule has 168 valence electrons. The summed E-state index contributed by atoms with van der Waals surface area (Å²) >= 11 is 1.22. The number of carbonyl (C=O) groups is 2. The highest BCUT2D eigenvalue weighted by Gasteiger charge is 2.15. The first-order valence-electron chi connectivity index (χ1n) is 10.6. The minimum absolute atomic E-state index is 0.0566. The fourth-order valence-corrected chi connectivity index (χ4v) is 4.32. The van der Waals surface area contributed by atoms with Crippen molar-refractivity contribution in [1.29, 1.82) is 0 Å². The molecule has 32 heavy (non-hydrogen) atoms. The van der Waals surface area contributed by atoms with E-state index in [1.54, 1.807) is 35.1 Å². The van der Waals surface area contributed by atoms with Crippen LogP contribution in [0.1, 0.15) is 37.7 Å². The highest BCUT2D eigenvalue weighted by molar-refractivity contribution is 7.13. The predicted molar refractivity (Wildman–Crippen MR) is 120 cm³/mol. The molecular weight excluding hydrogens is 432 g/mol. The zero-order chi connectivity index (χ0) is 22.5. The molecule has 0 spiro atoms. The number of benzene rings is 1. The van der Waals surface area contributed by atoms with Crippen molar-refractivity contribution in [3.63, 3.8) is 0 Å². The molecule has 9 nitrogen and oxygen atoms in total. The Bertz CT molecular complexity index is 1200. The van der Waals surface area contributed by atoms with Crippen LogP contribution in [0.4, 0.5) is 5.13 Å². The first-order valence-corrected chi connectivity index (χ1v) is 11.5. The van der Waals surface area contributed by atoms with Crippen LogP contribution in [0.2, 0.25) is 0 Å². The summed E-state index contributed by atoms with van der Waals surface area (Å²) in [6.07, 6.45) is 3.96. The van der Waals surface area contributed by atoms with E-state index in [-0.39, 0.29) is 30.5 Å². The van der Waals surface area contributed by atoms with Crippen LogP contribution in [0.25, 0.3) is 10.9 Å². The van der Waals surface area contributed by atoms with E-state index < -0.39 is 0 Å². The molecule has 0 saturated heterocycles. The Balaban J connectivity index is 1.39. The van der Waals surface area contributed by atoms with Gasteiger partial charge in [-0.2, -0.15) is 0 Å². The molecule has 0 unspecified atom stereocenters. The van der Waals surface area contributed by atoms with Crippen molar-refractivity contribution in [3.05, 3.63) is 45.5 Å². The van der Waals surface area contributed by atoms with Crippen molar-refractivity contribution in [2.24, 2.45) is 0 Å². The Hall–Kier alpha value is -3.27. The predicted octanol–water partition coefficient (Wildman–Crippen LogP) is 2.70. The van der Waals surface area contributed by atoms with Crippen LogP contribution in [0.5, 0.6) is 5.75 Å². The molecule has 0 bridgehead atoms. The lowest BCUT2D eigenvalue weighted by molar-refractivity contribution is -0.142. The first kappa shape index (κ1) is 21.9. The number of hydrogen-bond acceptors (Lipinski definition) is 8. The van der Waals surface area contributed by atoms with Gasteiger partial charge in [0, 0.05) is 18.3 Å². The van der Waals surface area contributed by atoms with E-state index in [1.165, 1.54) is 11.3 Å². The summed E-state index contributed by atoms with van der Waals surface area (Å²) < 4.78 is 12.2. The Morgan fingerprint density at radius 2 is 2.09 bits per heavy atom. The lowest BCUT2D eigenvalue weighted by Gasteiger charge is -2.11. The third kappa shape index (κ3) is 5.13. The van der Waals surface area contributed by atoms with Crippen molar-refractivity contribution in [1.82, 2.24) is 14.5 Å². The van der Waals surface area contributed by atoms with Gasteiger partial charge < -0.3 is 9.47 Å². The number of thiazole rings is 1. The first-order chi connectivity index (χ1) is 15.5. The average molecular weight is 457 g/mol. The second-order valence-corrected chi connectivity index (χ2v) is 8.30. The lowest BCUT2D eigenvalue weighted by Crippen LogP contribution is -2.24. The van der Waals surface area contributed by atoms with Crippen LogP contribution >= 0.6 is 11.3 Å². The van der Waals surface area contributed by atoms with Crippen LogP contribution < -0.4 is 15.6 Å². The van der Waals surface area contributed by atoms with Crippen LogP contribution in [-0.2, 0) is 33.7 Å². The van der Waals surface area contributed by atoms with E-state index in [0.29, 0.717) is 40.6 Å². The van der Waals surface area contributed by atoms with Gasteiger partial charge in [0.05, 0.1) is 29.6 Å². The van der Waals surface area contributed by atoms with Crippen LogP contribution in [0.3, 0.4) is 0 Å². The molecular formula is C22H24N4O5S. The van der Waals surface area contributed by atoms with Gasteiger partial charge in [-0.1, -0.05) is 6.42 Å². The third-order valence-corrected chi connectivity index (χ3v) is 5.89. The van der Waals surface area contributed by atoms with E-state index in [1.807, 2.05) is 0 Å². The minimum atomic E-state index is -0.390. The summed E-state index contributed by atoms with van der Waals surface area (Å²) in [5.74, 6) is 0.498. The smallest absolute Gasteiger partial charge is 0.311 e. The highest BCUT2D eigenvalue weighted by Crippen LogP contribution is 2.20. The number of amides is 1. The molecule has 3 aromatic rings. The largest absolute Gasteiger partial charge is 0.484 e. The Kier molecular flexibility index (Phi) is 6.79. The maximum absolute atomic E-state index is 12.9. The molecule has 1 aromatic carbocycles. The van der Waals surface area contributed by atoms with Crippen LogP contribution in [-0.4, -0.2) is 39.6 Å². The number of fused-ring (bicyclic) bond motifs is 2. The molecule has 10 heteroatoms. The van der Waals surface area contributed by atoms with Gasteiger partial charge >= 0.3 is 5.97 Å². The van der Waals surface area contributed by atoms with E-state index in [2.05, 4.69) is 15.3 Å². The van der Waals surface area contributed by atoms with Crippen molar-refractivity contribution in [2.45, 2.75) is 45.6 Å². The molecule has 1 amide bonds. The summed E-state index contributed by atoms with van der Waals surface area (Å²) in [6.45, 7) is 2.49. The number of esters is 1. The number of carbonyl (C=O) groups excluding carboxylic acids is 2. The molecule has 1 aliphatic rings. The second-order valence-electron chi connectivity index (χ2n) is 7.44. The number of aromatic nitrogens is 3. The van der Waals surface area contributed by atoms with Gasteiger partial charge in [-0.05, 0) is 38.0 Å². The van der Waals surface area contributed by atoms with E-state index in [9.17, 15) is 14.4 Å². The van der Waals surface area contributed by atoms with Gasteiger partial charge in [-0.3, -0.25) is 24.3 Å². The minimum Gasteiger partial charge on any atom is -0.484 e. The van der Waals surface area contributed by atoms with Gasteiger partial charge in [0.2, 0.25) is 0 Å². The van der Waals surface area contributed by atoms with Gasteiger partial charge in [-0.15, -0.1) is 11.3 Å². The summed E-state index contributed by atoms with van der Waals surface area (Å²) in [4.78, 5) is 45.5. The summed E-state index contributed by atoms with van der Waals surface area (Å²) in [6, 6.07) is 5.09. The fraction of sp³-hybridized carbons (Fsp3) is 0.409. The molecule has 0 atom stereocenters. The standard InChI is InChI=1S/C22H24N4O5S/c1-2-30-20(28)10-14-13-32-22(23-14)25-19(27)12-31-15-7-8-17-16(11-15)21(29)26-9-5-3-4-6-18(26)24-17/h7-8,11,13H,2-6,9-10,12H2,1H3,(H,23,25,27). The fourth-order valence-electron chi connectivity index (χ4n) is 3.60. The monoisotopic (exact) mass is 456 g/mol. The SMILES string of the molecule is CCOC(=O)Cc1csc(NC(=O)COc2ccc3nc4n(c(=O)c3c2)CCCCC4)n1. The number of rotatable bonds is 7. The summed E-state index contributed by atoms with van der Waals surface area (Å²) in [5, 5.41) is 5.20. The Labute approximate surface area is 188 Å². The lowest BCUT2D eigenvalue weighted by atomic mass is 10.2. The molecule has 0 fully saturated rings. The zero-order valence-corrected chi connectivity index (χ0v) is 18.6. The van der Waals surface area contributed by atoms with Gasteiger partial charge in [0.25, 0.3) is 11.5 Å². The van der Waals surface area contributed by atoms with Crippen molar-refractivity contribution in [2.75, 3.05) is 18.5 Å². The van der Waals surface area contributed by atoms with Gasteiger partial charge in [0.15, 0.2) is 11.7 Å². The zero-order valence-electron chi connectivity index (χ0n) is 17.8. The van der Waals surface area contributed by atoms with E-state index in [0.717, 1.165) is 31.5 Å². The number of nitrogens with one attached hydrogen (secondary N) is 1. The van der Waals surface area contributed by atoms with Crippen molar-refractivity contribution >= 4 is 39.2 Å². The van der Waals surface area contributed by atoms with Crippen LogP contribution in [0, 0.1) is 0 Å². The topological polar surface area (TPSA) is 112 Å². The average Bonchev–Trinajstić information content (AvgIpc) is 3.06. The molecule has 1 aliphatic heterocycles. The maximum atomic E-state index is 12.9. The van der Waals surface area contributed by atoms with E-state index >= 15 is 0 Å². The summed E-state index contributed by atoms with van der Waals surface area (Å²) in [5.41, 5.74) is 1.10. The van der Waals surface area contributed by atoms with E-state index in [4.69, 9.17) is 9.47 Å². The van der Waals surface area contributed by atoms with Crippen molar-refractivity contribution in [3.8, 4) is 5.75 Å². The molecule has 1 N–H and O–H groups in total. The quantitative estimate of drug-likeness (QED) is 0.544. The second kappa shape index (κ2) is 9.90. The molecule has 0 radical (unpaired) electrons. The number of anilines is 1. The highest BCUT2D eigenvalue weighted by atomic mass is 32.1. The molecule has 0 saturated carbocycles. The van der Waals surface area contributed by atoms with Crippen LogP contribution in [0.15, 0.2) is 28.4 Å². The molecule has 3 heterocycles. The Morgan fingerprint density at radius 1 is 1.22 bits per heavy atom. The molecule has 2 aromatic heterocycles. The van der Waals surface area contributed by atoms with Crippen molar-refractivity contribution < 1.29 is 19.1 Å². The third-order valence-electron chi connectivity index (χ3n) is 5.09. The molecule has 0 aliphatic carbocycles. The summed E-state index contributed by atoms with van der Waals surface area (Å²) in [7, 11) is 0. The Morgan fingerprint density at radius 3 is 2.94 bits per heavy atom. The van der Waals surface area contributed by atoms with Gasteiger partial charge in [-0.25, -0.2) is 9.97 Å². The van der Waals surface area contributed by atoms with Gasteiger partial charge in [0.1, 0.15) is 11.6 Å². The number of ether oxygens (including phenoxy) is 2. The number of hydrogen-bond donors (Lipinski definition) is 1. The normalized spacial score (nSPS) is 13.3. The number of aryl methyl sites for hydroxylation is 1.